The molecule has 0 atom stereocenters. The maximum absolute atomic E-state index is 14.2. The van der Waals surface area contributed by atoms with Crippen molar-refractivity contribution in [1.82, 2.24) is 0 Å². The average Bonchev–Trinajstić information content (AvgIpc) is 3.35. The maximum Gasteiger partial charge on any atom is 0.573 e. The number of benzene rings is 2. The first-order chi connectivity index (χ1) is 22.1. The van der Waals surface area contributed by atoms with Crippen LogP contribution in [0.15, 0.2) is 64.4 Å². The number of ether oxygens (including phenoxy) is 5. The summed E-state index contributed by atoms with van der Waals surface area (Å²) in [6.07, 6.45) is -23.5. The lowest BCUT2D eigenvalue weighted by atomic mass is 10.0. The molecule has 7 nitrogen and oxygen atoms in total. The number of thioether (sulfide) groups is 1. The molecular formula is C29H25F11O7S. The number of hydrogen-bond donors (Lipinski definition) is 0. The second kappa shape index (κ2) is 15.3. The number of unbranched alkanes of at least 4 members (excludes halogenated alkanes) is 2. The molecule has 3 aromatic rings. The van der Waals surface area contributed by atoms with E-state index in [1.807, 2.05) is 6.92 Å². The molecule has 0 aliphatic heterocycles. The van der Waals surface area contributed by atoms with Crippen LogP contribution in [-0.4, -0.2) is 49.5 Å². The van der Waals surface area contributed by atoms with Gasteiger partial charge in [-0.25, -0.2) is 19.0 Å². The largest absolute Gasteiger partial charge is 0.573 e. The summed E-state index contributed by atoms with van der Waals surface area (Å²) < 4.78 is 171. The molecule has 1 aromatic heterocycles. The Labute approximate surface area is 268 Å². The second-order valence-electron chi connectivity index (χ2n) is 9.75. The van der Waals surface area contributed by atoms with E-state index in [1.54, 1.807) is 6.07 Å². The van der Waals surface area contributed by atoms with E-state index in [1.165, 1.54) is 30.3 Å². The molecule has 0 spiro atoms. The molecule has 0 bridgehead atoms. The minimum absolute atomic E-state index is 0.0191. The van der Waals surface area contributed by atoms with E-state index < -0.39 is 55.2 Å². The summed E-state index contributed by atoms with van der Waals surface area (Å²) in [6.45, 7) is 2.62. The summed E-state index contributed by atoms with van der Waals surface area (Å²) in [5.74, 6) is -3.79. The fraction of sp³-hybridized carbons (Fsp3) is 0.414. The molecule has 19 heteroatoms. The summed E-state index contributed by atoms with van der Waals surface area (Å²) in [5.41, 5.74) is 0.492. The van der Waals surface area contributed by atoms with Crippen LogP contribution in [0.5, 0.6) is 5.75 Å². The third-order valence-electron chi connectivity index (χ3n) is 5.83. The van der Waals surface area contributed by atoms with Crippen LogP contribution in [-0.2, 0) is 30.2 Å². The van der Waals surface area contributed by atoms with Crippen molar-refractivity contribution < 1.29 is 81.2 Å². The number of aryl methyl sites for hydroxylation is 1. The zero-order valence-corrected chi connectivity index (χ0v) is 25.3. The average molecular weight is 727 g/mol. The Hall–Kier alpha value is -3.55. The number of rotatable bonds is 18. The fourth-order valence-corrected chi connectivity index (χ4v) is 4.66. The molecule has 0 saturated carbocycles. The van der Waals surface area contributed by atoms with Gasteiger partial charge in [-0.15, -0.1) is 42.5 Å². The lowest BCUT2D eigenvalue weighted by molar-refractivity contribution is -0.572. The van der Waals surface area contributed by atoms with E-state index in [0.29, 0.717) is 23.4 Å². The monoisotopic (exact) mass is 726 g/mol. The predicted molar refractivity (Wildman–Crippen MR) is 146 cm³/mol. The van der Waals surface area contributed by atoms with Gasteiger partial charge in [0.25, 0.3) is 0 Å². The van der Waals surface area contributed by atoms with Gasteiger partial charge in [0, 0.05) is 16.4 Å². The van der Waals surface area contributed by atoms with E-state index in [2.05, 4.69) is 30.3 Å². The number of carbonyl (C=O) groups is 1. The summed E-state index contributed by atoms with van der Waals surface area (Å²) in [4.78, 5) is 10.7. The smallest absolute Gasteiger partial charge is 0.456 e. The molecule has 0 unspecified atom stereocenters. The highest BCUT2D eigenvalue weighted by atomic mass is 32.2. The molecule has 3 rings (SSSR count). The normalized spacial score (nSPS) is 13.2. The number of hydrogen-bond acceptors (Lipinski definition) is 8. The first-order valence-electron chi connectivity index (χ1n) is 13.6. The van der Waals surface area contributed by atoms with Crippen LogP contribution in [0.1, 0.15) is 31.7 Å². The molecule has 0 saturated heterocycles. The second-order valence-corrected chi connectivity index (χ2v) is 10.8. The minimum Gasteiger partial charge on any atom is -0.456 e. The van der Waals surface area contributed by atoms with Gasteiger partial charge < -0.3 is 13.9 Å². The Morgan fingerprint density at radius 2 is 1.52 bits per heavy atom. The van der Waals surface area contributed by atoms with Crippen LogP contribution in [0.2, 0.25) is 0 Å². The molecule has 0 aliphatic carbocycles. The molecular weight excluding hydrogens is 701 g/mol. The van der Waals surface area contributed by atoms with Crippen molar-refractivity contribution in [3.05, 3.63) is 60.7 Å². The lowest BCUT2D eigenvalue weighted by Crippen LogP contribution is -2.46. The Balaban J connectivity index is 1.69. The quantitative estimate of drug-likeness (QED) is 0.0320. The number of furan rings is 1. The van der Waals surface area contributed by atoms with Gasteiger partial charge in [0.1, 0.15) is 17.1 Å². The number of esters is 1. The Bertz CT molecular complexity index is 1560. The zero-order chi connectivity index (χ0) is 36.0. The van der Waals surface area contributed by atoms with Crippen molar-refractivity contribution in [2.24, 2.45) is 0 Å². The summed E-state index contributed by atoms with van der Waals surface area (Å²) in [7, 11) is 0. The van der Waals surface area contributed by atoms with Crippen LogP contribution in [0.25, 0.3) is 22.3 Å². The minimum atomic E-state index is -5.92. The summed E-state index contributed by atoms with van der Waals surface area (Å²) >= 11 is 0.157. The fourth-order valence-electron chi connectivity index (χ4n) is 3.92. The standard InChI is InChI=1S/C29H25F11O7S/c1-3-5-6-7-17-8-11-20(23(12-17)44-27(34,35)36)22-13-18-9-10-19(14-21(18)43-22)48-16-26(32,33)46-29(39,40)47-28(37,38)45-25(30,31)15-42-24(41)4-2/h4,8-14H,2-3,5-7,15-16H2,1H3. The van der Waals surface area contributed by atoms with Crippen LogP contribution in [0.4, 0.5) is 48.3 Å². The van der Waals surface area contributed by atoms with Crippen molar-refractivity contribution in [2.45, 2.75) is 68.7 Å². The first-order valence-corrected chi connectivity index (χ1v) is 14.6. The van der Waals surface area contributed by atoms with Crippen molar-refractivity contribution >= 4 is 28.7 Å². The SMILES string of the molecule is C=CC(=O)OCC(F)(F)OC(F)(F)OC(F)(F)OC(F)(F)CSc1ccc2cc(-c3ccc(CCCCC)cc3OC(F)(F)F)oc2c1. The van der Waals surface area contributed by atoms with Crippen molar-refractivity contribution in [1.29, 1.82) is 0 Å². The number of alkyl halides is 11. The van der Waals surface area contributed by atoms with Crippen LogP contribution in [0, 0.1) is 0 Å². The van der Waals surface area contributed by atoms with Gasteiger partial charge in [-0.2, -0.15) is 17.6 Å². The highest BCUT2D eigenvalue weighted by Crippen LogP contribution is 2.41. The highest BCUT2D eigenvalue weighted by Gasteiger charge is 2.56. The topological polar surface area (TPSA) is 76.4 Å². The molecule has 0 fully saturated rings. The van der Waals surface area contributed by atoms with E-state index in [0.717, 1.165) is 25.3 Å². The molecule has 0 amide bonds. The zero-order valence-electron chi connectivity index (χ0n) is 24.5. The van der Waals surface area contributed by atoms with E-state index >= 15 is 0 Å². The van der Waals surface area contributed by atoms with E-state index in [4.69, 9.17) is 4.42 Å². The Morgan fingerprint density at radius 3 is 2.15 bits per heavy atom. The predicted octanol–water partition coefficient (Wildman–Crippen LogP) is 9.89. The number of halogens is 11. The van der Waals surface area contributed by atoms with Crippen molar-refractivity contribution in [3.8, 4) is 17.1 Å². The molecule has 0 radical (unpaired) electrons. The first kappa shape index (κ1) is 38.9. The molecule has 48 heavy (non-hydrogen) atoms. The molecule has 266 valence electrons. The Kier molecular flexibility index (Phi) is 12.4. The molecule has 0 N–H and O–H groups in total. The molecule has 1 heterocycles. The summed E-state index contributed by atoms with van der Waals surface area (Å²) in [5, 5.41) is 0.306. The Morgan fingerprint density at radius 1 is 0.854 bits per heavy atom. The summed E-state index contributed by atoms with van der Waals surface area (Å²) in [6, 6.07) is 9.20. The number of carbonyl (C=O) groups excluding carboxylic acids is 1. The third kappa shape index (κ3) is 12.5. The van der Waals surface area contributed by atoms with Crippen LogP contribution in [0.3, 0.4) is 0 Å². The van der Waals surface area contributed by atoms with Gasteiger partial charge in [0.2, 0.25) is 0 Å². The van der Waals surface area contributed by atoms with Gasteiger partial charge in [-0.3, -0.25) is 0 Å². The van der Waals surface area contributed by atoms with E-state index in [9.17, 15) is 53.1 Å². The van der Waals surface area contributed by atoms with Gasteiger partial charge in [-0.05, 0) is 54.8 Å². The van der Waals surface area contributed by atoms with Gasteiger partial charge in [0.15, 0.2) is 6.61 Å². The molecule has 2 aromatic carbocycles. The van der Waals surface area contributed by atoms with Crippen LogP contribution < -0.4 is 4.74 Å². The van der Waals surface area contributed by atoms with Crippen LogP contribution >= 0.6 is 11.8 Å². The van der Waals surface area contributed by atoms with Gasteiger partial charge in [-0.1, -0.05) is 32.4 Å². The third-order valence-corrected chi connectivity index (χ3v) is 6.90. The van der Waals surface area contributed by atoms with Crippen molar-refractivity contribution in [2.75, 3.05) is 12.4 Å². The highest BCUT2D eigenvalue weighted by molar-refractivity contribution is 7.99. The molecule has 0 aliphatic rings. The maximum atomic E-state index is 14.2. The number of fused-ring (bicyclic) bond motifs is 1. The van der Waals surface area contributed by atoms with Gasteiger partial charge in [0.05, 0.1) is 11.3 Å². The van der Waals surface area contributed by atoms with E-state index in [-0.39, 0.29) is 33.6 Å². The lowest BCUT2D eigenvalue weighted by Gasteiger charge is -2.27. The van der Waals surface area contributed by atoms with Crippen molar-refractivity contribution in [3.63, 3.8) is 0 Å². The van der Waals surface area contributed by atoms with Gasteiger partial charge >= 0.3 is 37.1 Å².